The van der Waals surface area contributed by atoms with Crippen LogP contribution in [-0.2, 0) is 6.42 Å². The first-order valence-electron chi connectivity index (χ1n) is 9.00. The number of para-hydroxylation sites is 1. The Labute approximate surface area is 169 Å². The summed E-state index contributed by atoms with van der Waals surface area (Å²) in [5.74, 6) is 1.17. The molecule has 0 unspecified atom stereocenters. The molecule has 140 valence electrons. The van der Waals surface area contributed by atoms with Crippen LogP contribution in [0, 0.1) is 10.5 Å². The van der Waals surface area contributed by atoms with E-state index in [1.165, 1.54) is 0 Å². The fourth-order valence-corrected chi connectivity index (χ4v) is 3.45. The Kier molecular flexibility index (Phi) is 7.75. The van der Waals surface area contributed by atoms with Crippen LogP contribution in [0.2, 0.25) is 0 Å². The van der Waals surface area contributed by atoms with E-state index in [2.05, 4.69) is 41.8 Å². The van der Waals surface area contributed by atoms with E-state index >= 15 is 0 Å². The fourth-order valence-electron chi connectivity index (χ4n) is 2.69. The van der Waals surface area contributed by atoms with Crippen LogP contribution in [0.3, 0.4) is 0 Å². The van der Waals surface area contributed by atoms with Gasteiger partial charge in [0.05, 0.1) is 16.8 Å². The normalized spacial score (nSPS) is 10.5. The Balaban J connectivity index is 2.35. The predicted octanol–water partition coefficient (Wildman–Crippen LogP) is 5.60. The lowest BCUT2D eigenvalue weighted by atomic mass is 10.1. The van der Waals surface area contributed by atoms with E-state index in [4.69, 9.17) is 9.47 Å². The molecular formula is C21H26INO3. The van der Waals surface area contributed by atoms with Crippen LogP contribution in [0.15, 0.2) is 30.3 Å². The molecule has 0 bridgehead atoms. The molecule has 1 amide bonds. The number of benzene rings is 2. The Hall–Kier alpha value is -1.76. The number of halogens is 1. The molecule has 0 fully saturated rings. The van der Waals surface area contributed by atoms with Gasteiger partial charge in [-0.15, -0.1) is 0 Å². The summed E-state index contributed by atoms with van der Waals surface area (Å²) in [6, 6.07) is 9.66. The maximum absolute atomic E-state index is 12.9. The van der Waals surface area contributed by atoms with Gasteiger partial charge < -0.3 is 14.8 Å². The second-order valence-electron chi connectivity index (χ2n) is 5.98. The van der Waals surface area contributed by atoms with Crippen molar-refractivity contribution in [2.24, 2.45) is 0 Å². The van der Waals surface area contributed by atoms with E-state index in [-0.39, 0.29) is 5.91 Å². The third-order valence-corrected chi connectivity index (χ3v) is 4.80. The lowest BCUT2D eigenvalue weighted by molar-refractivity contribution is 0.102. The number of carbonyl (C=O) groups excluding carboxylic acids is 1. The van der Waals surface area contributed by atoms with Crippen molar-refractivity contribution in [3.8, 4) is 11.5 Å². The fraction of sp³-hybridized carbons (Fsp3) is 0.381. The standard InChI is InChI=1S/C21H26INO3/c1-5-11-26-20-17(22)12-16(13-18(20)25-7-3)21(24)23-19-14(4)9-8-10-15(19)6-2/h8-10,12-13H,5-7,11H2,1-4H3,(H,23,24). The second kappa shape index (κ2) is 9.80. The van der Waals surface area contributed by atoms with E-state index in [0.717, 1.165) is 33.2 Å². The Morgan fingerprint density at radius 3 is 2.58 bits per heavy atom. The number of nitrogens with one attached hydrogen (secondary N) is 1. The largest absolute Gasteiger partial charge is 0.490 e. The quantitative estimate of drug-likeness (QED) is 0.514. The summed E-state index contributed by atoms with van der Waals surface area (Å²) in [6.07, 6.45) is 1.78. The van der Waals surface area contributed by atoms with Crippen molar-refractivity contribution in [1.29, 1.82) is 0 Å². The smallest absolute Gasteiger partial charge is 0.255 e. The molecule has 0 spiro atoms. The third-order valence-electron chi connectivity index (χ3n) is 4.00. The van der Waals surface area contributed by atoms with Gasteiger partial charge in [-0.05, 0) is 72.5 Å². The summed E-state index contributed by atoms with van der Waals surface area (Å²) < 4.78 is 12.4. The van der Waals surface area contributed by atoms with Crippen LogP contribution < -0.4 is 14.8 Å². The molecule has 26 heavy (non-hydrogen) atoms. The van der Waals surface area contributed by atoms with Gasteiger partial charge in [0.2, 0.25) is 0 Å². The minimum atomic E-state index is -0.144. The van der Waals surface area contributed by atoms with Crippen molar-refractivity contribution in [3.05, 3.63) is 50.6 Å². The van der Waals surface area contributed by atoms with E-state index in [1.54, 1.807) is 6.07 Å². The molecule has 0 aliphatic heterocycles. The molecule has 0 saturated heterocycles. The maximum atomic E-state index is 12.9. The Morgan fingerprint density at radius 1 is 1.15 bits per heavy atom. The van der Waals surface area contributed by atoms with Gasteiger partial charge in [0.15, 0.2) is 11.5 Å². The van der Waals surface area contributed by atoms with Crippen molar-refractivity contribution >= 4 is 34.2 Å². The van der Waals surface area contributed by atoms with Crippen molar-refractivity contribution in [2.75, 3.05) is 18.5 Å². The molecular weight excluding hydrogens is 441 g/mol. The number of hydrogen-bond donors (Lipinski definition) is 1. The highest BCUT2D eigenvalue weighted by molar-refractivity contribution is 14.1. The first-order valence-corrected chi connectivity index (χ1v) is 10.1. The number of rotatable bonds is 8. The summed E-state index contributed by atoms with van der Waals surface area (Å²) in [5.41, 5.74) is 3.63. The third kappa shape index (κ3) is 4.90. The molecule has 5 heteroatoms. The monoisotopic (exact) mass is 467 g/mol. The zero-order chi connectivity index (χ0) is 19.1. The molecule has 0 aromatic heterocycles. The minimum absolute atomic E-state index is 0.144. The van der Waals surface area contributed by atoms with Gasteiger partial charge in [-0.25, -0.2) is 0 Å². The maximum Gasteiger partial charge on any atom is 0.255 e. The van der Waals surface area contributed by atoms with Gasteiger partial charge in [-0.3, -0.25) is 4.79 Å². The van der Waals surface area contributed by atoms with Gasteiger partial charge in [0.1, 0.15) is 0 Å². The van der Waals surface area contributed by atoms with Crippen molar-refractivity contribution in [1.82, 2.24) is 0 Å². The van der Waals surface area contributed by atoms with Crippen molar-refractivity contribution in [2.45, 2.75) is 40.5 Å². The van der Waals surface area contributed by atoms with E-state index in [0.29, 0.717) is 30.3 Å². The van der Waals surface area contributed by atoms with Gasteiger partial charge >= 0.3 is 0 Å². The second-order valence-corrected chi connectivity index (χ2v) is 7.15. The molecule has 0 aliphatic rings. The number of hydrogen-bond acceptors (Lipinski definition) is 3. The number of anilines is 1. The zero-order valence-corrected chi connectivity index (χ0v) is 18.0. The minimum Gasteiger partial charge on any atom is -0.490 e. The Bertz CT molecular complexity index is 774. The summed E-state index contributed by atoms with van der Waals surface area (Å²) >= 11 is 2.19. The van der Waals surface area contributed by atoms with Gasteiger partial charge in [-0.2, -0.15) is 0 Å². The summed E-state index contributed by atoms with van der Waals surface area (Å²) in [5, 5.41) is 3.07. The molecule has 0 radical (unpaired) electrons. The molecule has 0 saturated carbocycles. The van der Waals surface area contributed by atoms with Gasteiger partial charge in [-0.1, -0.05) is 32.0 Å². The molecule has 1 N–H and O–H groups in total. The lowest BCUT2D eigenvalue weighted by Gasteiger charge is -2.16. The highest BCUT2D eigenvalue weighted by Crippen LogP contribution is 2.35. The molecule has 2 rings (SSSR count). The van der Waals surface area contributed by atoms with Gasteiger partial charge in [0, 0.05) is 11.3 Å². The predicted molar refractivity (Wildman–Crippen MR) is 115 cm³/mol. The number of aryl methyl sites for hydroxylation is 2. The summed E-state index contributed by atoms with van der Waals surface area (Å²) in [4.78, 5) is 12.9. The molecule has 2 aromatic carbocycles. The first kappa shape index (κ1) is 20.6. The lowest BCUT2D eigenvalue weighted by Crippen LogP contribution is -2.15. The van der Waals surface area contributed by atoms with Crippen LogP contribution in [-0.4, -0.2) is 19.1 Å². The molecule has 4 nitrogen and oxygen atoms in total. The van der Waals surface area contributed by atoms with Gasteiger partial charge in [0.25, 0.3) is 5.91 Å². The molecule has 0 aliphatic carbocycles. The van der Waals surface area contributed by atoms with Crippen molar-refractivity contribution < 1.29 is 14.3 Å². The van der Waals surface area contributed by atoms with E-state index in [1.807, 2.05) is 38.1 Å². The van der Waals surface area contributed by atoms with E-state index < -0.39 is 0 Å². The highest BCUT2D eigenvalue weighted by atomic mass is 127. The summed E-state index contributed by atoms with van der Waals surface area (Å²) in [6.45, 7) is 9.20. The van der Waals surface area contributed by atoms with Crippen molar-refractivity contribution in [3.63, 3.8) is 0 Å². The SMILES string of the molecule is CCCOc1c(I)cc(C(=O)Nc2c(C)cccc2CC)cc1OCC. The van der Waals surface area contributed by atoms with Crippen LogP contribution in [0.25, 0.3) is 0 Å². The summed E-state index contributed by atoms with van der Waals surface area (Å²) in [7, 11) is 0. The molecule has 0 heterocycles. The van der Waals surface area contributed by atoms with Crippen LogP contribution >= 0.6 is 22.6 Å². The van der Waals surface area contributed by atoms with E-state index in [9.17, 15) is 4.79 Å². The zero-order valence-electron chi connectivity index (χ0n) is 15.8. The van der Waals surface area contributed by atoms with Crippen LogP contribution in [0.5, 0.6) is 11.5 Å². The first-order chi connectivity index (χ1) is 12.5. The molecule has 0 atom stereocenters. The number of carbonyl (C=O) groups is 1. The Morgan fingerprint density at radius 2 is 1.92 bits per heavy atom. The topological polar surface area (TPSA) is 47.6 Å². The highest BCUT2D eigenvalue weighted by Gasteiger charge is 2.17. The van der Waals surface area contributed by atoms with Crippen LogP contribution in [0.4, 0.5) is 5.69 Å². The average molecular weight is 467 g/mol. The number of amides is 1. The number of ether oxygens (including phenoxy) is 2. The molecule has 2 aromatic rings. The average Bonchev–Trinajstić information content (AvgIpc) is 2.62. The van der Waals surface area contributed by atoms with Crippen LogP contribution in [0.1, 0.15) is 48.7 Å².